The van der Waals surface area contributed by atoms with Crippen molar-refractivity contribution in [3.05, 3.63) is 106 Å². The van der Waals surface area contributed by atoms with E-state index in [1.54, 1.807) is 36.4 Å². The Hall–Kier alpha value is -4.93. The van der Waals surface area contributed by atoms with Crippen LogP contribution in [0.4, 0.5) is 18.9 Å². The quantitative estimate of drug-likeness (QED) is 0.214. The van der Waals surface area contributed by atoms with Crippen molar-refractivity contribution in [2.45, 2.75) is 57.3 Å². The molecule has 3 amide bonds. The lowest BCUT2D eigenvalue weighted by Gasteiger charge is -2.20. The number of furan rings is 1. The highest BCUT2D eigenvalue weighted by Crippen LogP contribution is 2.47. The Bertz CT molecular complexity index is 1800. The van der Waals surface area contributed by atoms with Crippen LogP contribution in [-0.4, -0.2) is 34.2 Å². The largest absolute Gasteiger partial charge is 0.467 e. The number of hydrogen-bond acceptors (Lipinski definition) is 5. The van der Waals surface area contributed by atoms with Gasteiger partial charge in [-0.1, -0.05) is 24.3 Å². The Morgan fingerprint density at radius 1 is 0.957 bits per heavy atom. The Morgan fingerprint density at radius 3 is 2.39 bits per heavy atom. The summed E-state index contributed by atoms with van der Waals surface area (Å²) in [6.45, 7) is 0.843. The van der Waals surface area contributed by atoms with E-state index in [2.05, 4.69) is 10.6 Å². The third-order valence-corrected chi connectivity index (χ3v) is 8.91. The first kappa shape index (κ1) is 29.8. The van der Waals surface area contributed by atoms with Crippen molar-refractivity contribution in [3.8, 4) is 11.1 Å². The average Bonchev–Trinajstić information content (AvgIpc) is 3.44. The van der Waals surface area contributed by atoms with Gasteiger partial charge in [0.25, 0.3) is 11.8 Å². The van der Waals surface area contributed by atoms with E-state index in [1.165, 1.54) is 18.4 Å². The molecule has 4 heterocycles. The summed E-state index contributed by atoms with van der Waals surface area (Å²) in [5.41, 5.74) is 3.72. The van der Waals surface area contributed by atoms with E-state index in [-0.39, 0.29) is 36.2 Å². The summed E-state index contributed by atoms with van der Waals surface area (Å²) in [7, 11) is 0. The Kier molecular flexibility index (Phi) is 7.62. The number of aryl methyl sites for hydroxylation is 2. The van der Waals surface area contributed by atoms with E-state index in [0.29, 0.717) is 70.0 Å². The second kappa shape index (κ2) is 11.8. The lowest BCUT2D eigenvalue weighted by molar-refractivity contribution is -0.137. The van der Waals surface area contributed by atoms with Gasteiger partial charge in [-0.05, 0) is 86.1 Å². The molecular formula is C35H31F3N4O4. The van der Waals surface area contributed by atoms with Crippen LogP contribution in [0.25, 0.3) is 11.1 Å². The molecule has 1 saturated heterocycles. The molecule has 236 valence electrons. The molecule has 1 saturated carbocycles. The van der Waals surface area contributed by atoms with Crippen molar-refractivity contribution < 1.29 is 32.0 Å². The van der Waals surface area contributed by atoms with Crippen molar-refractivity contribution in [1.29, 1.82) is 0 Å². The van der Waals surface area contributed by atoms with E-state index >= 15 is 0 Å². The van der Waals surface area contributed by atoms with Crippen LogP contribution in [0.5, 0.6) is 0 Å². The summed E-state index contributed by atoms with van der Waals surface area (Å²) >= 11 is 0. The monoisotopic (exact) mass is 628 g/mol. The number of fused-ring (bicyclic) bond motifs is 3. The fourth-order valence-corrected chi connectivity index (χ4v) is 6.32. The number of benzene rings is 2. The number of carbonyl (C=O) groups is 3. The van der Waals surface area contributed by atoms with Crippen LogP contribution in [0.3, 0.4) is 0 Å². The predicted octanol–water partition coefficient (Wildman–Crippen LogP) is 6.71. The molecule has 2 aromatic carbocycles. The highest BCUT2D eigenvalue weighted by molar-refractivity contribution is 6.10. The summed E-state index contributed by atoms with van der Waals surface area (Å²) in [4.78, 5) is 46.7. The van der Waals surface area contributed by atoms with Gasteiger partial charge >= 0.3 is 6.18 Å². The average molecular weight is 629 g/mol. The molecule has 11 heteroatoms. The number of anilines is 1. The van der Waals surface area contributed by atoms with Gasteiger partial charge in [0.2, 0.25) is 5.91 Å². The van der Waals surface area contributed by atoms with Crippen LogP contribution in [-0.2, 0) is 30.4 Å². The van der Waals surface area contributed by atoms with Gasteiger partial charge in [0, 0.05) is 23.6 Å². The van der Waals surface area contributed by atoms with Crippen LogP contribution in [0, 0.1) is 5.92 Å². The molecule has 1 atom stereocenters. The zero-order chi connectivity index (χ0) is 32.0. The van der Waals surface area contributed by atoms with Crippen LogP contribution in [0.1, 0.15) is 80.7 Å². The van der Waals surface area contributed by atoms with Gasteiger partial charge in [0.1, 0.15) is 5.76 Å². The number of nitrogens with zero attached hydrogens (tertiary/aromatic N) is 2. The predicted molar refractivity (Wildman–Crippen MR) is 163 cm³/mol. The molecule has 2 aliphatic heterocycles. The van der Waals surface area contributed by atoms with Crippen molar-refractivity contribution in [1.82, 2.24) is 15.2 Å². The van der Waals surface area contributed by atoms with Crippen LogP contribution < -0.4 is 10.6 Å². The molecule has 2 fully saturated rings. The molecule has 0 unspecified atom stereocenters. The first-order valence-electron chi connectivity index (χ1n) is 15.4. The third-order valence-electron chi connectivity index (χ3n) is 8.91. The van der Waals surface area contributed by atoms with E-state index in [9.17, 15) is 27.6 Å². The van der Waals surface area contributed by atoms with Crippen LogP contribution in [0.2, 0.25) is 0 Å². The maximum absolute atomic E-state index is 13.8. The van der Waals surface area contributed by atoms with E-state index in [1.807, 2.05) is 4.90 Å². The number of alkyl halides is 3. The number of pyridine rings is 1. The van der Waals surface area contributed by atoms with E-state index in [0.717, 1.165) is 37.8 Å². The SMILES string of the molecule is O=C(NCc1ccco1)c1ccc(-c2c(NC(=O)C3CC3)c(CCc3ccc(C(F)(F)F)cc3)nc3c2C(=O)N2CCC[C@@H]32)cc1. The van der Waals surface area contributed by atoms with Crippen molar-refractivity contribution in [3.63, 3.8) is 0 Å². The number of amides is 3. The number of aromatic nitrogens is 1. The first-order chi connectivity index (χ1) is 22.2. The zero-order valence-corrected chi connectivity index (χ0v) is 24.8. The van der Waals surface area contributed by atoms with Gasteiger partial charge < -0.3 is 20.0 Å². The number of rotatable bonds is 9. The van der Waals surface area contributed by atoms with Gasteiger partial charge in [-0.3, -0.25) is 19.4 Å². The van der Waals surface area contributed by atoms with Gasteiger partial charge in [-0.25, -0.2) is 0 Å². The zero-order valence-electron chi connectivity index (χ0n) is 24.8. The van der Waals surface area contributed by atoms with Crippen molar-refractivity contribution in [2.24, 2.45) is 5.92 Å². The summed E-state index contributed by atoms with van der Waals surface area (Å²) in [6, 6.07) is 15.3. The minimum Gasteiger partial charge on any atom is -0.467 e. The molecule has 0 spiro atoms. The molecule has 7 rings (SSSR count). The molecule has 4 aromatic rings. The lowest BCUT2D eigenvalue weighted by atomic mass is 9.92. The molecule has 3 aliphatic rings. The van der Waals surface area contributed by atoms with Crippen LogP contribution in [0.15, 0.2) is 71.3 Å². The Labute approximate surface area is 263 Å². The summed E-state index contributed by atoms with van der Waals surface area (Å²) < 4.78 is 44.7. The Balaban J connectivity index is 1.27. The first-order valence-corrected chi connectivity index (χ1v) is 15.4. The third kappa shape index (κ3) is 5.77. The minimum absolute atomic E-state index is 0.122. The minimum atomic E-state index is -4.43. The van der Waals surface area contributed by atoms with Gasteiger partial charge in [0.15, 0.2) is 0 Å². The standard InChI is InChI=1S/C35H31F3N4O4/c36-35(37,38)24-14-5-20(6-15-24)7-16-26-30(41-33(44)23-12-13-23)28(29-31(40-26)27-4-1-17-42(27)34(29)45)21-8-10-22(11-9-21)32(43)39-19-25-3-2-18-46-25/h2-3,5-6,8-11,14-15,18,23,27H,1,4,7,12-13,16-17,19H2,(H,39,43)(H,41,44)/t27-/m0/s1. The van der Waals surface area contributed by atoms with E-state index in [4.69, 9.17) is 9.40 Å². The molecular weight excluding hydrogens is 597 g/mol. The molecule has 2 N–H and O–H groups in total. The molecule has 0 radical (unpaired) electrons. The normalized spacial score (nSPS) is 17.2. The lowest BCUT2D eigenvalue weighted by Crippen LogP contribution is -2.23. The number of nitrogens with one attached hydrogen (secondary N) is 2. The van der Waals surface area contributed by atoms with Gasteiger partial charge in [-0.2, -0.15) is 13.2 Å². The Morgan fingerprint density at radius 2 is 1.72 bits per heavy atom. The number of carbonyl (C=O) groups excluding carboxylic acids is 3. The summed E-state index contributed by atoms with van der Waals surface area (Å²) in [6.07, 6.45) is 1.00. The molecule has 46 heavy (non-hydrogen) atoms. The maximum Gasteiger partial charge on any atom is 0.416 e. The molecule has 2 aromatic heterocycles. The highest BCUT2D eigenvalue weighted by Gasteiger charge is 2.44. The fourth-order valence-electron chi connectivity index (χ4n) is 6.32. The van der Waals surface area contributed by atoms with Gasteiger partial charge in [-0.15, -0.1) is 0 Å². The second-order valence-electron chi connectivity index (χ2n) is 12.0. The smallest absolute Gasteiger partial charge is 0.416 e. The molecule has 0 bridgehead atoms. The summed E-state index contributed by atoms with van der Waals surface area (Å²) in [5.74, 6) is -0.0894. The second-order valence-corrected chi connectivity index (χ2v) is 12.0. The number of halogens is 3. The molecule has 8 nitrogen and oxygen atoms in total. The summed E-state index contributed by atoms with van der Waals surface area (Å²) in [5, 5.41) is 5.91. The maximum atomic E-state index is 13.8. The van der Waals surface area contributed by atoms with Gasteiger partial charge in [0.05, 0.1) is 47.1 Å². The van der Waals surface area contributed by atoms with Crippen molar-refractivity contribution in [2.75, 3.05) is 11.9 Å². The topological polar surface area (TPSA) is 105 Å². The fraction of sp³-hybridized carbons (Fsp3) is 0.314. The van der Waals surface area contributed by atoms with Crippen LogP contribution >= 0.6 is 0 Å². The molecule has 1 aliphatic carbocycles. The van der Waals surface area contributed by atoms with Crippen molar-refractivity contribution >= 4 is 23.4 Å². The number of hydrogen-bond donors (Lipinski definition) is 2. The highest BCUT2D eigenvalue weighted by atomic mass is 19.4. The van der Waals surface area contributed by atoms with E-state index < -0.39 is 11.7 Å².